The van der Waals surface area contributed by atoms with E-state index in [1.54, 1.807) is 18.4 Å². The van der Waals surface area contributed by atoms with E-state index in [0.29, 0.717) is 0 Å². The van der Waals surface area contributed by atoms with Crippen LogP contribution in [0.2, 0.25) is 0 Å². The van der Waals surface area contributed by atoms with E-state index < -0.39 is 11.3 Å². The molecule has 1 rings (SSSR count). The van der Waals surface area contributed by atoms with Crippen molar-refractivity contribution in [2.75, 3.05) is 6.26 Å². The molecule has 0 saturated heterocycles. The summed E-state index contributed by atoms with van der Waals surface area (Å²) in [5.74, 6) is -0.477. The van der Waals surface area contributed by atoms with Crippen LogP contribution in [-0.2, 0) is 0 Å². The van der Waals surface area contributed by atoms with E-state index in [1.807, 2.05) is 0 Å². The minimum atomic E-state index is -1.25. The van der Waals surface area contributed by atoms with E-state index in [-0.39, 0.29) is 5.56 Å². The Balaban J connectivity index is 2.93. The quantitative estimate of drug-likeness (QED) is 0.663. The van der Waals surface area contributed by atoms with Gasteiger partial charge in [0.25, 0.3) is 0 Å². The van der Waals surface area contributed by atoms with Gasteiger partial charge in [-0.05, 0) is 12.3 Å². The van der Waals surface area contributed by atoms with Crippen molar-refractivity contribution >= 4 is 11.8 Å². The van der Waals surface area contributed by atoms with Gasteiger partial charge in [0.2, 0.25) is 0 Å². The first kappa shape index (κ1) is 8.53. The first-order chi connectivity index (χ1) is 5.25. The standard InChI is InChI=1S/C8H8F2S/c1-11-8(10)6-4-2-3-5-7(6)9/h2-5,8H,1H3. The van der Waals surface area contributed by atoms with Gasteiger partial charge in [0.15, 0.2) is 5.50 Å². The molecule has 1 aromatic carbocycles. The van der Waals surface area contributed by atoms with Crippen molar-refractivity contribution in [1.82, 2.24) is 0 Å². The van der Waals surface area contributed by atoms with Gasteiger partial charge in [-0.3, -0.25) is 0 Å². The highest BCUT2D eigenvalue weighted by Gasteiger charge is 2.11. The average molecular weight is 174 g/mol. The number of rotatable bonds is 2. The number of alkyl halides is 1. The molecule has 0 radical (unpaired) electrons. The lowest BCUT2D eigenvalue weighted by Crippen LogP contribution is -1.89. The summed E-state index contributed by atoms with van der Waals surface area (Å²) in [4.78, 5) is 0. The highest BCUT2D eigenvalue weighted by molar-refractivity contribution is 7.98. The second-order valence-corrected chi connectivity index (χ2v) is 2.96. The van der Waals surface area contributed by atoms with Gasteiger partial charge in [-0.2, -0.15) is 0 Å². The molecule has 3 heteroatoms. The molecule has 60 valence electrons. The SMILES string of the molecule is CSC(F)c1ccccc1F. The summed E-state index contributed by atoms with van der Waals surface area (Å²) in [6, 6.07) is 5.89. The molecule has 1 unspecified atom stereocenters. The second-order valence-electron chi connectivity index (χ2n) is 2.07. The fourth-order valence-electron chi connectivity index (χ4n) is 0.786. The first-order valence-electron chi connectivity index (χ1n) is 3.17. The van der Waals surface area contributed by atoms with Crippen LogP contribution in [0.5, 0.6) is 0 Å². The number of hydrogen-bond acceptors (Lipinski definition) is 1. The van der Waals surface area contributed by atoms with Gasteiger partial charge in [0.1, 0.15) is 5.82 Å². The molecule has 0 spiro atoms. The first-order valence-corrected chi connectivity index (χ1v) is 4.46. The van der Waals surface area contributed by atoms with Crippen LogP contribution >= 0.6 is 11.8 Å². The fraction of sp³-hybridized carbons (Fsp3) is 0.250. The summed E-state index contributed by atoms with van der Waals surface area (Å²) in [7, 11) is 0. The highest BCUT2D eigenvalue weighted by Crippen LogP contribution is 2.29. The van der Waals surface area contributed by atoms with Gasteiger partial charge in [0, 0.05) is 5.56 Å². The predicted molar refractivity (Wildman–Crippen MR) is 43.8 cm³/mol. The maximum Gasteiger partial charge on any atom is 0.173 e. The monoisotopic (exact) mass is 174 g/mol. The minimum absolute atomic E-state index is 0.125. The fourth-order valence-corrected chi connectivity index (χ4v) is 1.23. The maximum absolute atomic E-state index is 12.8. The number of thioether (sulfide) groups is 1. The Morgan fingerprint density at radius 1 is 1.36 bits per heavy atom. The average Bonchev–Trinajstić information content (AvgIpc) is 2.04. The molecule has 0 aromatic heterocycles. The van der Waals surface area contributed by atoms with Gasteiger partial charge >= 0.3 is 0 Å². The molecule has 0 fully saturated rings. The molecule has 1 aromatic rings. The molecule has 0 aliphatic heterocycles. The van der Waals surface area contributed by atoms with Gasteiger partial charge in [-0.1, -0.05) is 18.2 Å². The molecule has 0 N–H and O–H groups in total. The van der Waals surface area contributed by atoms with E-state index in [1.165, 1.54) is 12.1 Å². The normalized spacial score (nSPS) is 13.0. The van der Waals surface area contributed by atoms with Crippen molar-refractivity contribution < 1.29 is 8.78 Å². The van der Waals surface area contributed by atoms with Gasteiger partial charge < -0.3 is 0 Å². The smallest absolute Gasteiger partial charge is 0.173 e. The lowest BCUT2D eigenvalue weighted by molar-refractivity contribution is 0.450. The van der Waals surface area contributed by atoms with Crippen LogP contribution in [0.3, 0.4) is 0 Å². The van der Waals surface area contributed by atoms with Gasteiger partial charge in [-0.25, -0.2) is 8.78 Å². The van der Waals surface area contributed by atoms with E-state index in [2.05, 4.69) is 0 Å². The minimum Gasteiger partial charge on any atom is -0.230 e. The molecule has 0 nitrogen and oxygen atoms in total. The van der Waals surface area contributed by atoms with Crippen LogP contribution < -0.4 is 0 Å². The predicted octanol–water partition coefficient (Wildman–Crippen LogP) is 3.16. The Bertz CT molecular complexity index is 237. The molecular weight excluding hydrogens is 166 g/mol. The Labute approximate surface area is 68.6 Å². The van der Waals surface area contributed by atoms with E-state index >= 15 is 0 Å². The Kier molecular flexibility index (Phi) is 2.88. The van der Waals surface area contributed by atoms with Crippen molar-refractivity contribution in [3.63, 3.8) is 0 Å². The van der Waals surface area contributed by atoms with E-state index in [4.69, 9.17) is 0 Å². The summed E-state index contributed by atoms with van der Waals surface area (Å²) >= 11 is 0.985. The molecule has 0 amide bonds. The number of halogens is 2. The third-order valence-electron chi connectivity index (χ3n) is 1.36. The molecule has 0 saturated carbocycles. The third kappa shape index (κ3) is 1.93. The lowest BCUT2D eigenvalue weighted by atomic mass is 10.2. The number of benzene rings is 1. The maximum atomic E-state index is 12.8. The van der Waals surface area contributed by atoms with Gasteiger partial charge in [0.05, 0.1) is 0 Å². The summed E-state index contributed by atoms with van der Waals surface area (Å²) in [6.45, 7) is 0. The molecule has 0 heterocycles. The van der Waals surface area contributed by atoms with Crippen molar-refractivity contribution in [2.45, 2.75) is 5.50 Å². The van der Waals surface area contributed by atoms with Crippen LogP contribution in [0.15, 0.2) is 24.3 Å². The highest BCUT2D eigenvalue weighted by atomic mass is 32.2. The Morgan fingerprint density at radius 2 is 2.00 bits per heavy atom. The molecule has 0 bridgehead atoms. The second kappa shape index (κ2) is 3.72. The molecule has 11 heavy (non-hydrogen) atoms. The van der Waals surface area contributed by atoms with Crippen molar-refractivity contribution in [2.24, 2.45) is 0 Å². The van der Waals surface area contributed by atoms with Crippen molar-refractivity contribution in [1.29, 1.82) is 0 Å². The molecular formula is C8H8F2S. The van der Waals surface area contributed by atoms with Crippen LogP contribution in [0.1, 0.15) is 11.1 Å². The van der Waals surface area contributed by atoms with Crippen molar-refractivity contribution in [3.8, 4) is 0 Å². The van der Waals surface area contributed by atoms with Crippen LogP contribution in [0.25, 0.3) is 0 Å². The lowest BCUT2D eigenvalue weighted by Gasteiger charge is -2.04. The Morgan fingerprint density at radius 3 is 2.55 bits per heavy atom. The van der Waals surface area contributed by atoms with Crippen LogP contribution in [-0.4, -0.2) is 6.26 Å². The summed E-state index contributed by atoms with van der Waals surface area (Å²) < 4.78 is 25.6. The zero-order valence-corrected chi connectivity index (χ0v) is 6.87. The Hall–Kier alpha value is -0.570. The van der Waals surface area contributed by atoms with Crippen molar-refractivity contribution in [3.05, 3.63) is 35.6 Å². The van der Waals surface area contributed by atoms with E-state index in [9.17, 15) is 8.78 Å². The van der Waals surface area contributed by atoms with Crippen LogP contribution in [0.4, 0.5) is 8.78 Å². The summed E-state index contributed by atoms with van der Waals surface area (Å²) in [5, 5.41) is 0. The topological polar surface area (TPSA) is 0 Å². The summed E-state index contributed by atoms with van der Waals surface area (Å²) in [5.41, 5.74) is -1.13. The van der Waals surface area contributed by atoms with E-state index in [0.717, 1.165) is 11.8 Å². The summed E-state index contributed by atoms with van der Waals surface area (Å²) in [6.07, 6.45) is 1.61. The zero-order chi connectivity index (χ0) is 8.27. The molecule has 0 aliphatic carbocycles. The molecule has 1 atom stereocenters. The van der Waals surface area contributed by atoms with Gasteiger partial charge in [-0.15, -0.1) is 11.8 Å². The zero-order valence-electron chi connectivity index (χ0n) is 6.05. The number of hydrogen-bond donors (Lipinski definition) is 0. The largest absolute Gasteiger partial charge is 0.230 e. The third-order valence-corrected chi connectivity index (χ3v) is 2.02. The molecule has 0 aliphatic rings. The van der Waals surface area contributed by atoms with Crippen LogP contribution in [0, 0.1) is 5.82 Å².